The van der Waals surface area contributed by atoms with Crippen LogP contribution in [-0.2, 0) is 6.54 Å². The van der Waals surface area contributed by atoms with E-state index in [0.717, 1.165) is 18.6 Å². The van der Waals surface area contributed by atoms with E-state index in [4.69, 9.17) is 0 Å². The third-order valence-corrected chi connectivity index (χ3v) is 4.46. The molecule has 0 aromatic heterocycles. The standard InChI is InChI=1S/C13H16F2N2O.C8H10/c1-2-9-6-16-13(18)17(7-9)8-10-3-4-11(14)12(15)5-10;1-7-3-5-8(2)6-4-7/h3-5,9H,2,6-8H2,1H3,(H,16,18);3-6H,1-2H3. The van der Waals surface area contributed by atoms with Crippen LogP contribution in [0.4, 0.5) is 13.6 Å². The first-order valence-electron chi connectivity index (χ1n) is 8.89. The van der Waals surface area contributed by atoms with E-state index >= 15 is 0 Å². The smallest absolute Gasteiger partial charge is 0.317 e. The zero-order valence-corrected chi connectivity index (χ0v) is 15.6. The summed E-state index contributed by atoms with van der Waals surface area (Å²) in [4.78, 5) is 13.3. The van der Waals surface area contributed by atoms with Crippen molar-refractivity contribution in [2.24, 2.45) is 5.92 Å². The summed E-state index contributed by atoms with van der Waals surface area (Å²) in [6.45, 7) is 7.90. The highest BCUT2D eigenvalue weighted by Crippen LogP contribution is 2.15. The summed E-state index contributed by atoms with van der Waals surface area (Å²) in [6.07, 6.45) is 0.981. The summed E-state index contributed by atoms with van der Waals surface area (Å²) in [5, 5.41) is 2.80. The number of carbonyl (C=O) groups is 1. The van der Waals surface area contributed by atoms with Gasteiger partial charge in [-0.3, -0.25) is 0 Å². The van der Waals surface area contributed by atoms with Gasteiger partial charge in [0.1, 0.15) is 0 Å². The molecule has 1 N–H and O–H groups in total. The Hall–Kier alpha value is -2.43. The van der Waals surface area contributed by atoms with Gasteiger partial charge in [-0.25, -0.2) is 13.6 Å². The highest BCUT2D eigenvalue weighted by Gasteiger charge is 2.24. The average Bonchev–Trinajstić information content (AvgIpc) is 2.63. The Labute approximate surface area is 154 Å². The topological polar surface area (TPSA) is 32.3 Å². The number of nitrogens with one attached hydrogen (secondary N) is 1. The van der Waals surface area contributed by atoms with Crippen molar-refractivity contribution in [1.29, 1.82) is 0 Å². The SMILES string of the molecule is CCC1CNC(=O)N(Cc2ccc(F)c(F)c2)C1.Cc1ccc(C)cc1. The molecule has 1 aliphatic rings. The van der Waals surface area contributed by atoms with Crippen LogP contribution >= 0.6 is 0 Å². The average molecular weight is 360 g/mol. The second-order valence-electron chi connectivity index (χ2n) is 6.74. The summed E-state index contributed by atoms with van der Waals surface area (Å²) >= 11 is 0. The maximum atomic E-state index is 13.1. The number of benzene rings is 2. The third-order valence-electron chi connectivity index (χ3n) is 4.46. The molecule has 0 aliphatic carbocycles. The number of amides is 2. The molecule has 3 nitrogen and oxygen atoms in total. The molecule has 1 saturated heterocycles. The van der Waals surface area contributed by atoms with E-state index in [2.05, 4.69) is 50.4 Å². The Morgan fingerprint density at radius 3 is 2.19 bits per heavy atom. The van der Waals surface area contributed by atoms with Crippen LogP contribution in [0.15, 0.2) is 42.5 Å². The van der Waals surface area contributed by atoms with Crippen molar-refractivity contribution in [3.05, 3.63) is 70.8 Å². The van der Waals surface area contributed by atoms with Crippen LogP contribution in [0.25, 0.3) is 0 Å². The van der Waals surface area contributed by atoms with Gasteiger partial charge in [0.05, 0.1) is 0 Å². The van der Waals surface area contributed by atoms with Crippen LogP contribution in [0, 0.1) is 31.4 Å². The van der Waals surface area contributed by atoms with Crippen molar-refractivity contribution in [2.45, 2.75) is 33.7 Å². The minimum Gasteiger partial charge on any atom is -0.338 e. The van der Waals surface area contributed by atoms with Gasteiger partial charge in [0.2, 0.25) is 0 Å². The van der Waals surface area contributed by atoms with Crippen LogP contribution in [0.5, 0.6) is 0 Å². The molecule has 3 rings (SSSR count). The summed E-state index contributed by atoms with van der Waals surface area (Å²) in [5.41, 5.74) is 3.26. The van der Waals surface area contributed by atoms with Crippen molar-refractivity contribution < 1.29 is 13.6 Å². The number of halogens is 2. The zero-order valence-electron chi connectivity index (χ0n) is 15.6. The molecule has 140 valence electrons. The molecule has 2 amide bonds. The lowest BCUT2D eigenvalue weighted by atomic mass is 10.0. The summed E-state index contributed by atoms with van der Waals surface area (Å²) < 4.78 is 25.9. The van der Waals surface area contributed by atoms with E-state index < -0.39 is 11.6 Å². The molecule has 0 radical (unpaired) electrons. The zero-order chi connectivity index (χ0) is 19.1. The van der Waals surface area contributed by atoms with E-state index in [1.807, 2.05) is 0 Å². The molecule has 1 aliphatic heterocycles. The molecule has 0 spiro atoms. The molecule has 0 bridgehead atoms. The first-order valence-corrected chi connectivity index (χ1v) is 8.89. The predicted molar refractivity (Wildman–Crippen MR) is 99.9 cm³/mol. The number of carbonyl (C=O) groups excluding carboxylic acids is 1. The Bertz CT molecular complexity index is 710. The number of hydrogen-bond donors (Lipinski definition) is 1. The number of hydrogen-bond acceptors (Lipinski definition) is 1. The van der Waals surface area contributed by atoms with Crippen molar-refractivity contribution in [3.63, 3.8) is 0 Å². The molecular weight excluding hydrogens is 334 g/mol. The van der Waals surface area contributed by atoms with Gasteiger partial charge in [-0.05, 0) is 43.9 Å². The molecule has 1 heterocycles. The highest BCUT2D eigenvalue weighted by atomic mass is 19.2. The van der Waals surface area contributed by atoms with E-state index in [0.29, 0.717) is 31.1 Å². The molecule has 2 aromatic carbocycles. The van der Waals surface area contributed by atoms with Crippen LogP contribution in [-0.4, -0.2) is 24.0 Å². The first-order chi connectivity index (χ1) is 12.4. The maximum Gasteiger partial charge on any atom is 0.317 e. The van der Waals surface area contributed by atoms with Crippen molar-refractivity contribution in [3.8, 4) is 0 Å². The molecule has 1 atom stereocenters. The van der Waals surface area contributed by atoms with Gasteiger partial charge in [-0.1, -0.05) is 48.4 Å². The maximum absolute atomic E-state index is 13.1. The lowest BCUT2D eigenvalue weighted by Crippen LogP contribution is -2.50. The molecule has 1 unspecified atom stereocenters. The Morgan fingerprint density at radius 2 is 1.65 bits per heavy atom. The Kier molecular flexibility index (Phi) is 7.13. The van der Waals surface area contributed by atoms with Gasteiger partial charge in [-0.2, -0.15) is 0 Å². The highest BCUT2D eigenvalue weighted by molar-refractivity contribution is 5.75. The van der Waals surface area contributed by atoms with Crippen LogP contribution < -0.4 is 5.32 Å². The second kappa shape index (κ2) is 9.32. The van der Waals surface area contributed by atoms with Crippen molar-refractivity contribution in [2.75, 3.05) is 13.1 Å². The lowest BCUT2D eigenvalue weighted by Gasteiger charge is -2.32. The van der Waals surface area contributed by atoms with Gasteiger partial charge in [0, 0.05) is 19.6 Å². The van der Waals surface area contributed by atoms with E-state index in [9.17, 15) is 13.6 Å². The Morgan fingerprint density at radius 1 is 1.04 bits per heavy atom. The van der Waals surface area contributed by atoms with Gasteiger partial charge >= 0.3 is 6.03 Å². The van der Waals surface area contributed by atoms with Crippen LogP contribution in [0.3, 0.4) is 0 Å². The van der Waals surface area contributed by atoms with Crippen LogP contribution in [0.1, 0.15) is 30.0 Å². The molecule has 2 aromatic rings. The van der Waals surface area contributed by atoms with Crippen LogP contribution in [0.2, 0.25) is 0 Å². The number of rotatable bonds is 3. The lowest BCUT2D eigenvalue weighted by molar-refractivity contribution is 0.162. The molecule has 26 heavy (non-hydrogen) atoms. The monoisotopic (exact) mass is 360 g/mol. The minimum atomic E-state index is -0.878. The predicted octanol–water partition coefficient (Wildman–Crippen LogP) is 4.82. The third kappa shape index (κ3) is 5.83. The summed E-state index contributed by atoms with van der Waals surface area (Å²) in [5.74, 6) is -1.33. The number of aryl methyl sites for hydroxylation is 2. The van der Waals surface area contributed by atoms with E-state index in [1.165, 1.54) is 17.2 Å². The molecule has 0 saturated carbocycles. The van der Waals surface area contributed by atoms with Crippen molar-refractivity contribution >= 4 is 6.03 Å². The fourth-order valence-corrected chi connectivity index (χ4v) is 2.71. The van der Waals surface area contributed by atoms with E-state index in [1.54, 1.807) is 4.90 Å². The van der Waals surface area contributed by atoms with Gasteiger partial charge in [0.15, 0.2) is 11.6 Å². The fourth-order valence-electron chi connectivity index (χ4n) is 2.71. The van der Waals surface area contributed by atoms with Gasteiger partial charge in [-0.15, -0.1) is 0 Å². The fraction of sp³-hybridized carbons (Fsp3) is 0.381. The number of urea groups is 1. The minimum absolute atomic E-state index is 0.149. The quantitative estimate of drug-likeness (QED) is 0.836. The molecule has 5 heteroatoms. The summed E-state index contributed by atoms with van der Waals surface area (Å²) in [7, 11) is 0. The van der Waals surface area contributed by atoms with Crippen molar-refractivity contribution in [1.82, 2.24) is 10.2 Å². The van der Waals surface area contributed by atoms with E-state index in [-0.39, 0.29) is 6.03 Å². The van der Waals surface area contributed by atoms with Gasteiger partial charge < -0.3 is 10.2 Å². The second-order valence-corrected chi connectivity index (χ2v) is 6.74. The first kappa shape index (κ1) is 19.9. The number of nitrogens with zero attached hydrogens (tertiary/aromatic N) is 1. The molecular formula is C21H26F2N2O. The normalized spacial score (nSPS) is 16.6. The van der Waals surface area contributed by atoms with Gasteiger partial charge in [0.25, 0.3) is 0 Å². The largest absolute Gasteiger partial charge is 0.338 e. The summed E-state index contributed by atoms with van der Waals surface area (Å²) in [6, 6.07) is 12.1. The molecule has 1 fully saturated rings. The Balaban J connectivity index is 0.000000254.